The van der Waals surface area contributed by atoms with Crippen LogP contribution in [0.2, 0.25) is 0 Å². The van der Waals surface area contributed by atoms with Crippen molar-refractivity contribution in [3.63, 3.8) is 0 Å². The number of anilines is 6. The summed E-state index contributed by atoms with van der Waals surface area (Å²) in [7, 11) is 2.61. The molecule has 2 aliphatic heterocycles. The van der Waals surface area contributed by atoms with Gasteiger partial charge in [0.1, 0.15) is 34.3 Å². The van der Waals surface area contributed by atoms with Gasteiger partial charge in [-0.1, -0.05) is 0 Å². The summed E-state index contributed by atoms with van der Waals surface area (Å²) in [5.74, 6) is -1.90. The van der Waals surface area contributed by atoms with E-state index in [1.807, 2.05) is 0 Å². The van der Waals surface area contributed by atoms with Gasteiger partial charge in [0, 0.05) is 63.8 Å². The number of phenolic OH excluding ortho intramolecular Hbond substituents is 1. The maximum Gasteiger partial charge on any atom is 0.421 e. The van der Waals surface area contributed by atoms with Gasteiger partial charge in [0.2, 0.25) is 18.8 Å². The van der Waals surface area contributed by atoms with E-state index in [2.05, 4.69) is 41.2 Å². The van der Waals surface area contributed by atoms with Crippen LogP contribution in [-0.2, 0) is 21.8 Å². The highest BCUT2D eigenvalue weighted by Gasteiger charge is 2.36. The van der Waals surface area contributed by atoms with Crippen LogP contribution >= 0.6 is 0 Å². The van der Waals surface area contributed by atoms with E-state index in [1.165, 1.54) is 50.5 Å². The average molecular weight is 826 g/mol. The fourth-order valence-corrected chi connectivity index (χ4v) is 5.53. The van der Waals surface area contributed by atoms with Crippen molar-refractivity contribution in [1.82, 2.24) is 29.7 Å². The molecule has 4 aromatic rings. The Bertz CT molecular complexity index is 2060. The maximum absolute atomic E-state index is 13.0. The van der Waals surface area contributed by atoms with Crippen LogP contribution in [-0.4, -0.2) is 120 Å². The number of alkyl halides is 7. The van der Waals surface area contributed by atoms with E-state index < -0.39 is 42.0 Å². The smallest absolute Gasteiger partial charge is 0.421 e. The molecule has 0 unspecified atom stereocenters. The Kier molecular flexibility index (Phi) is 13.9. The number of aromatic nitrogens is 4. The summed E-state index contributed by atoms with van der Waals surface area (Å²) < 4.78 is 106. The van der Waals surface area contributed by atoms with Crippen molar-refractivity contribution >= 4 is 46.7 Å². The van der Waals surface area contributed by atoms with Crippen molar-refractivity contribution in [1.29, 1.82) is 0 Å². The number of benzene rings is 2. The van der Waals surface area contributed by atoms with Crippen LogP contribution < -0.4 is 26.0 Å². The van der Waals surface area contributed by atoms with Crippen molar-refractivity contribution in [3.8, 4) is 11.5 Å². The highest BCUT2D eigenvalue weighted by Crippen LogP contribution is 2.36. The van der Waals surface area contributed by atoms with Crippen LogP contribution in [0, 0.1) is 0 Å². The molecule has 0 bridgehead atoms. The summed E-state index contributed by atoms with van der Waals surface area (Å²) in [5, 5.41) is 20.3. The Morgan fingerprint density at radius 2 is 1.16 bits per heavy atom. The second-order valence-electron chi connectivity index (χ2n) is 12.2. The predicted octanol–water partition coefficient (Wildman–Crippen LogP) is 5.52. The molecule has 2 aliphatic rings. The fraction of sp³-hybridized carbons (Fsp3) is 0.371. The molecule has 0 aliphatic carbocycles. The quantitative estimate of drug-likeness (QED) is 0.0994. The molecule has 0 radical (unpaired) electrons. The Morgan fingerprint density at radius 1 is 0.724 bits per heavy atom. The highest BCUT2D eigenvalue weighted by atomic mass is 19.4. The first-order valence-corrected chi connectivity index (χ1v) is 17.3. The van der Waals surface area contributed by atoms with Crippen LogP contribution in [0.4, 0.5) is 65.6 Å². The van der Waals surface area contributed by atoms with E-state index in [1.54, 1.807) is 9.80 Å². The Labute approximate surface area is 325 Å². The number of rotatable bonds is 10. The average Bonchev–Trinajstić information content (AvgIpc) is 3.21. The van der Waals surface area contributed by atoms with Crippen molar-refractivity contribution < 1.29 is 59.6 Å². The molecule has 23 heteroatoms. The standard InChI is InChI=1S/C18H19F4N5O3.C17H18F3N5O3/c1-23-15-12(18(20,21)22)9-24-17(26-15)25-13-3-2-11(8-14(13)30-10-19)16(28)27-4-6-29-7-5-27;1-21-14-11(17(18,19)20)9-22-16(24-14)23-12-3-2-10(8-13(12)26)15(27)25-4-6-28-7-5-25/h2-3,8-9H,4-7,10H2,1H3,(H2,23,24,25,26);2-3,8-9,26H,4-7H2,1H3,(H2,21,22,23,24)/i19-1;. The number of hydrogen-bond acceptors (Lipinski definition) is 14. The van der Waals surface area contributed by atoms with E-state index in [-0.39, 0.29) is 57.7 Å². The van der Waals surface area contributed by atoms with Gasteiger partial charge in [-0.2, -0.15) is 36.3 Å². The molecule has 0 saturated carbocycles. The lowest BCUT2D eigenvalue weighted by Crippen LogP contribution is -2.40. The number of carbonyl (C=O) groups is 2. The highest BCUT2D eigenvalue weighted by molar-refractivity contribution is 5.96. The molecule has 312 valence electrons. The second-order valence-corrected chi connectivity index (χ2v) is 12.2. The number of ether oxygens (including phenoxy) is 3. The third-order valence-corrected chi connectivity index (χ3v) is 8.43. The van der Waals surface area contributed by atoms with E-state index >= 15 is 0 Å². The number of phenols is 1. The van der Waals surface area contributed by atoms with Crippen LogP contribution in [0.15, 0.2) is 48.8 Å². The molecule has 2 fully saturated rings. The lowest BCUT2D eigenvalue weighted by atomic mass is 10.1. The summed E-state index contributed by atoms with van der Waals surface area (Å²) in [6, 6.07) is 8.50. The Balaban J connectivity index is 0.000000221. The van der Waals surface area contributed by atoms with Gasteiger partial charge in [-0.25, -0.2) is 14.4 Å². The molecule has 16 nitrogen and oxygen atoms in total. The number of morpholine rings is 2. The molecule has 6 rings (SSSR count). The SMILES string of the molecule is CNc1nc(Nc2ccc(C(=O)N3CCOCC3)cc2O)ncc1C(F)(F)F.CNc1nc(Nc2ccc(C(=O)N3CCOCC3)cc2OC[18F])ncc1C(F)(F)F. The summed E-state index contributed by atoms with van der Waals surface area (Å²) in [5.41, 5.74) is -1.13. The van der Waals surface area contributed by atoms with Gasteiger partial charge < -0.3 is 50.4 Å². The van der Waals surface area contributed by atoms with Gasteiger partial charge in [0.05, 0.1) is 37.8 Å². The lowest BCUT2D eigenvalue weighted by molar-refractivity contribution is -0.138. The molecule has 2 aromatic heterocycles. The van der Waals surface area contributed by atoms with Gasteiger partial charge in [-0.15, -0.1) is 0 Å². The number of nitrogens with one attached hydrogen (secondary N) is 4. The Hall–Kier alpha value is -6.23. The number of carbonyl (C=O) groups excluding carboxylic acids is 2. The monoisotopic (exact) mass is 825 g/mol. The molecule has 4 heterocycles. The van der Waals surface area contributed by atoms with Crippen molar-refractivity contribution in [3.05, 3.63) is 71.0 Å². The van der Waals surface area contributed by atoms with E-state index in [9.17, 15) is 45.4 Å². The number of halogens is 7. The van der Waals surface area contributed by atoms with Crippen molar-refractivity contribution in [2.75, 3.05) is 94.8 Å². The molecule has 0 spiro atoms. The van der Waals surface area contributed by atoms with Crippen LogP contribution in [0.5, 0.6) is 11.5 Å². The molecule has 58 heavy (non-hydrogen) atoms. The summed E-state index contributed by atoms with van der Waals surface area (Å²) in [4.78, 5) is 43.1. The molecule has 2 amide bonds. The van der Waals surface area contributed by atoms with Gasteiger partial charge in [-0.3, -0.25) is 9.59 Å². The zero-order valence-electron chi connectivity index (χ0n) is 30.8. The second kappa shape index (κ2) is 18.8. The van der Waals surface area contributed by atoms with Gasteiger partial charge in [0.15, 0.2) is 0 Å². The first kappa shape index (κ1) is 42.9. The number of hydrogen-bond donors (Lipinski definition) is 5. The predicted molar refractivity (Wildman–Crippen MR) is 194 cm³/mol. The number of aromatic hydroxyl groups is 1. The molecule has 0 atom stereocenters. The zero-order chi connectivity index (χ0) is 42.0. The summed E-state index contributed by atoms with van der Waals surface area (Å²) in [6.07, 6.45) is -7.94. The van der Waals surface area contributed by atoms with Gasteiger partial charge in [-0.05, 0) is 36.4 Å². The minimum absolute atomic E-state index is 0.00823. The molecule has 2 aromatic carbocycles. The van der Waals surface area contributed by atoms with E-state index in [0.717, 1.165) is 0 Å². The number of amides is 2. The van der Waals surface area contributed by atoms with Gasteiger partial charge in [0.25, 0.3) is 11.8 Å². The van der Waals surface area contributed by atoms with Crippen molar-refractivity contribution in [2.24, 2.45) is 0 Å². The minimum Gasteiger partial charge on any atom is -0.506 e. The first-order valence-electron chi connectivity index (χ1n) is 17.3. The third-order valence-electron chi connectivity index (χ3n) is 8.43. The maximum atomic E-state index is 13.0. The van der Waals surface area contributed by atoms with Crippen LogP contribution in [0.1, 0.15) is 31.8 Å². The van der Waals surface area contributed by atoms with Gasteiger partial charge >= 0.3 is 12.4 Å². The molecule has 5 N–H and O–H groups in total. The molecular formula is C35H37F7N10O6. The topological polar surface area (TPSA) is 188 Å². The van der Waals surface area contributed by atoms with Crippen molar-refractivity contribution in [2.45, 2.75) is 12.4 Å². The van der Waals surface area contributed by atoms with Crippen LogP contribution in [0.25, 0.3) is 0 Å². The number of nitrogens with zero attached hydrogens (tertiary/aromatic N) is 6. The molecule has 2 saturated heterocycles. The summed E-state index contributed by atoms with van der Waals surface area (Å²) >= 11 is 0. The Morgan fingerprint density at radius 3 is 1.57 bits per heavy atom. The third kappa shape index (κ3) is 10.8. The lowest BCUT2D eigenvalue weighted by Gasteiger charge is -2.27. The first-order chi connectivity index (χ1) is 27.6. The fourth-order valence-electron chi connectivity index (χ4n) is 5.53. The largest absolute Gasteiger partial charge is 0.506 e. The zero-order valence-corrected chi connectivity index (χ0v) is 30.8. The molecular weight excluding hydrogens is 788 g/mol. The van der Waals surface area contributed by atoms with E-state index in [0.29, 0.717) is 65.0 Å². The normalized spacial score (nSPS) is 14.5. The van der Waals surface area contributed by atoms with Crippen LogP contribution in [0.3, 0.4) is 0 Å². The summed E-state index contributed by atoms with van der Waals surface area (Å²) in [6.45, 7) is 2.40. The van der Waals surface area contributed by atoms with E-state index in [4.69, 9.17) is 14.2 Å². The minimum atomic E-state index is -4.62.